The number of benzene rings is 2. The molecule has 0 aliphatic rings. The van der Waals surface area contributed by atoms with Crippen molar-refractivity contribution in [3.63, 3.8) is 0 Å². The SMILES string of the molecule is Cc1ccc(C(C)Nc2ccc(N)cc2Cl)cc1F. The lowest BCUT2D eigenvalue weighted by molar-refractivity contribution is 0.614. The van der Waals surface area contributed by atoms with Crippen LogP contribution in [0.15, 0.2) is 36.4 Å². The van der Waals surface area contributed by atoms with Gasteiger partial charge in [-0.05, 0) is 49.2 Å². The second-order valence-electron chi connectivity index (χ2n) is 4.61. The molecule has 1 atom stereocenters. The molecule has 2 aromatic carbocycles. The van der Waals surface area contributed by atoms with Gasteiger partial charge in [-0.1, -0.05) is 23.7 Å². The molecule has 3 N–H and O–H groups in total. The van der Waals surface area contributed by atoms with Crippen LogP contribution in [0.25, 0.3) is 0 Å². The van der Waals surface area contributed by atoms with Crippen molar-refractivity contribution in [2.75, 3.05) is 11.1 Å². The van der Waals surface area contributed by atoms with Gasteiger partial charge in [0.15, 0.2) is 0 Å². The van der Waals surface area contributed by atoms with E-state index in [-0.39, 0.29) is 11.9 Å². The second kappa shape index (κ2) is 5.49. The first kappa shape index (κ1) is 13.7. The van der Waals surface area contributed by atoms with Gasteiger partial charge in [-0.3, -0.25) is 0 Å². The van der Waals surface area contributed by atoms with Crippen LogP contribution >= 0.6 is 11.6 Å². The third kappa shape index (κ3) is 3.18. The number of hydrogen-bond donors (Lipinski definition) is 2. The number of halogens is 2. The Labute approximate surface area is 117 Å². The largest absolute Gasteiger partial charge is 0.399 e. The van der Waals surface area contributed by atoms with Gasteiger partial charge in [0.25, 0.3) is 0 Å². The number of aryl methyl sites for hydroxylation is 1. The highest BCUT2D eigenvalue weighted by atomic mass is 35.5. The monoisotopic (exact) mass is 278 g/mol. The fraction of sp³-hybridized carbons (Fsp3) is 0.200. The van der Waals surface area contributed by atoms with Crippen LogP contribution in [0, 0.1) is 12.7 Å². The molecule has 0 fully saturated rings. The van der Waals surface area contributed by atoms with Crippen molar-refractivity contribution in [1.29, 1.82) is 0 Å². The predicted octanol–water partition coefficient (Wildman–Crippen LogP) is 4.54. The van der Waals surface area contributed by atoms with Crippen molar-refractivity contribution in [1.82, 2.24) is 0 Å². The molecule has 2 nitrogen and oxygen atoms in total. The fourth-order valence-corrected chi connectivity index (χ4v) is 2.09. The second-order valence-corrected chi connectivity index (χ2v) is 5.02. The van der Waals surface area contributed by atoms with Crippen LogP contribution in [0.5, 0.6) is 0 Å². The first-order valence-electron chi connectivity index (χ1n) is 6.05. The average molecular weight is 279 g/mol. The Morgan fingerprint density at radius 2 is 1.95 bits per heavy atom. The van der Waals surface area contributed by atoms with Crippen LogP contribution in [0.4, 0.5) is 15.8 Å². The van der Waals surface area contributed by atoms with E-state index < -0.39 is 0 Å². The number of nitrogens with two attached hydrogens (primary N) is 1. The van der Waals surface area contributed by atoms with Gasteiger partial charge in [0.1, 0.15) is 5.82 Å². The Balaban J connectivity index is 2.20. The molecule has 1 unspecified atom stereocenters. The standard InChI is InChI=1S/C15H16ClFN2/c1-9-3-4-11(7-14(9)17)10(2)19-15-6-5-12(18)8-13(15)16/h3-8,10,19H,18H2,1-2H3. The van der Waals surface area contributed by atoms with Crippen molar-refractivity contribution in [2.24, 2.45) is 0 Å². The fourth-order valence-electron chi connectivity index (χ4n) is 1.84. The van der Waals surface area contributed by atoms with Crippen LogP contribution < -0.4 is 11.1 Å². The lowest BCUT2D eigenvalue weighted by Crippen LogP contribution is -2.07. The third-order valence-electron chi connectivity index (χ3n) is 3.06. The van der Waals surface area contributed by atoms with Crippen LogP contribution in [0.3, 0.4) is 0 Å². The number of anilines is 2. The van der Waals surface area contributed by atoms with Crippen LogP contribution in [0.1, 0.15) is 24.1 Å². The summed E-state index contributed by atoms with van der Waals surface area (Å²) in [4.78, 5) is 0. The van der Waals surface area contributed by atoms with Crippen molar-refractivity contribution in [3.8, 4) is 0 Å². The van der Waals surface area contributed by atoms with E-state index in [1.807, 2.05) is 19.1 Å². The van der Waals surface area contributed by atoms with Gasteiger partial charge >= 0.3 is 0 Å². The van der Waals surface area contributed by atoms with E-state index in [0.717, 1.165) is 11.3 Å². The van der Waals surface area contributed by atoms with Gasteiger partial charge in [-0.2, -0.15) is 0 Å². The summed E-state index contributed by atoms with van der Waals surface area (Å²) in [6.07, 6.45) is 0. The summed E-state index contributed by atoms with van der Waals surface area (Å²) in [7, 11) is 0. The quantitative estimate of drug-likeness (QED) is 0.809. The topological polar surface area (TPSA) is 38.0 Å². The van der Waals surface area contributed by atoms with E-state index in [9.17, 15) is 4.39 Å². The maximum absolute atomic E-state index is 13.5. The van der Waals surface area contributed by atoms with E-state index >= 15 is 0 Å². The summed E-state index contributed by atoms with van der Waals surface area (Å²) in [5.41, 5.74) is 8.55. The minimum atomic E-state index is -0.199. The summed E-state index contributed by atoms with van der Waals surface area (Å²) >= 11 is 6.10. The summed E-state index contributed by atoms with van der Waals surface area (Å²) < 4.78 is 13.5. The number of hydrogen-bond acceptors (Lipinski definition) is 2. The van der Waals surface area contributed by atoms with E-state index in [1.165, 1.54) is 6.07 Å². The molecular weight excluding hydrogens is 263 g/mol. The molecule has 0 spiro atoms. The summed E-state index contributed by atoms with van der Waals surface area (Å²) in [5, 5.41) is 3.80. The molecule has 0 radical (unpaired) electrons. The van der Waals surface area contributed by atoms with Crippen molar-refractivity contribution in [3.05, 3.63) is 58.4 Å². The third-order valence-corrected chi connectivity index (χ3v) is 3.37. The Morgan fingerprint density at radius 1 is 1.21 bits per heavy atom. The van der Waals surface area contributed by atoms with Gasteiger partial charge < -0.3 is 11.1 Å². The van der Waals surface area contributed by atoms with Gasteiger partial charge in [0.2, 0.25) is 0 Å². The molecule has 100 valence electrons. The van der Waals surface area contributed by atoms with Gasteiger partial charge in [-0.25, -0.2) is 4.39 Å². The Kier molecular flexibility index (Phi) is 3.96. The molecule has 0 aliphatic heterocycles. The molecule has 0 amide bonds. The summed E-state index contributed by atoms with van der Waals surface area (Å²) in [6, 6.07) is 10.4. The Hall–Kier alpha value is -1.74. The van der Waals surface area contributed by atoms with Gasteiger partial charge in [0, 0.05) is 11.7 Å². The van der Waals surface area contributed by atoms with E-state index in [4.69, 9.17) is 17.3 Å². The molecule has 19 heavy (non-hydrogen) atoms. The lowest BCUT2D eigenvalue weighted by atomic mass is 10.1. The van der Waals surface area contributed by atoms with Gasteiger partial charge in [0.05, 0.1) is 10.7 Å². The van der Waals surface area contributed by atoms with Crippen molar-refractivity contribution >= 4 is 23.0 Å². The first-order valence-corrected chi connectivity index (χ1v) is 6.43. The molecule has 0 bridgehead atoms. The maximum atomic E-state index is 13.5. The minimum absolute atomic E-state index is 0.0452. The van der Waals surface area contributed by atoms with Crippen molar-refractivity contribution in [2.45, 2.75) is 19.9 Å². The van der Waals surface area contributed by atoms with Crippen LogP contribution in [-0.2, 0) is 0 Å². The number of nitrogens with one attached hydrogen (secondary N) is 1. The highest BCUT2D eigenvalue weighted by molar-refractivity contribution is 6.33. The molecule has 2 aromatic rings. The zero-order chi connectivity index (χ0) is 14.0. The highest BCUT2D eigenvalue weighted by Gasteiger charge is 2.09. The van der Waals surface area contributed by atoms with Gasteiger partial charge in [-0.15, -0.1) is 0 Å². The summed E-state index contributed by atoms with van der Waals surface area (Å²) in [5.74, 6) is -0.199. The normalized spacial score (nSPS) is 12.2. The average Bonchev–Trinajstić information content (AvgIpc) is 2.36. The first-order chi connectivity index (χ1) is 8.97. The molecule has 0 saturated carbocycles. The lowest BCUT2D eigenvalue weighted by Gasteiger charge is -2.17. The minimum Gasteiger partial charge on any atom is -0.399 e. The molecule has 0 aromatic heterocycles. The Morgan fingerprint density at radius 3 is 2.58 bits per heavy atom. The molecule has 0 aliphatic carbocycles. The highest BCUT2D eigenvalue weighted by Crippen LogP contribution is 2.28. The smallest absolute Gasteiger partial charge is 0.126 e. The van der Waals surface area contributed by atoms with E-state index in [1.54, 1.807) is 25.1 Å². The summed E-state index contributed by atoms with van der Waals surface area (Å²) in [6.45, 7) is 3.70. The predicted molar refractivity (Wildman–Crippen MR) is 79.0 cm³/mol. The zero-order valence-electron chi connectivity index (χ0n) is 10.9. The molecule has 4 heteroatoms. The molecular formula is C15H16ClFN2. The van der Waals surface area contributed by atoms with Crippen LogP contribution in [0.2, 0.25) is 5.02 Å². The molecule has 2 rings (SSSR count). The van der Waals surface area contributed by atoms with E-state index in [0.29, 0.717) is 16.3 Å². The number of nitrogen functional groups attached to an aromatic ring is 1. The Bertz CT molecular complexity index is 599. The molecule has 0 saturated heterocycles. The van der Waals surface area contributed by atoms with Crippen LogP contribution in [-0.4, -0.2) is 0 Å². The zero-order valence-corrected chi connectivity index (χ0v) is 11.6. The van der Waals surface area contributed by atoms with Crippen molar-refractivity contribution < 1.29 is 4.39 Å². The van der Waals surface area contributed by atoms with E-state index in [2.05, 4.69) is 5.32 Å². The number of rotatable bonds is 3. The molecule has 0 heterocycles. The maximum Gasteiger partial charge on any atom is 0.126 e.